The molecule has 1 amide bonds. The van der Waals surface area contributed by atoms with Crippen molar-refractivity contribution < 1.29 is 4.79 Å². The zero-order chi connectivity index (χ0) is 9.68. The number of rotatable bonds is 3. The van der Waals surface area contributed by atoms with Crippen LogP contribution in [0.1, 0.15) is 24.7 Å². The summed E-state index contributed by atoms with van der Waals surface area (Å²) in [6.45, 7) is 3.65. The molecular formula is C8H12N4O. The van der Waals surface area contributed by atoms with Crippen LogP contribution < -0.4 is 5.43 Å². The summed E-state index contributed by atoms with van der Waals surface area (Å²) in [6, 6.07) is 0. The van der Waals surface area contributed by atoms with Crippen molar-refractivity contribution in [3.8, 4) is 0 Å². The van der Waals surface area contributed by atoms with E-state index in [1.54, 1.807) is 13.3 Å². The fourth-order valence-electron chi connectivity index (χ4n) is 0.744. The minimum absolute atomic E-state index is 0.107. The lowest BCUT2D eigenvalue weighted by Gasteiger charge is -1.92. The number of aromatic amines is 1. The monoisotopic (exact) mass is 180 g/mol. The zero-order valence-electron chi connectivity index (χ0n) is 7.66. The molecule has 1 aromatic rings. The van der Waals surface area contributed by atoms with Gasteiger partial charge in [0.25, 0.3) is 0 Å². The fourth-order valence-corrected chi connectivity index (χ4v) is 0.744. The minimum Gasteiger partial charge on any atom is -0.348 e. The highest BCUT2D eigenvalue weighted by atomic mass is 16.2. The van der Waals surface area contributed by atoms with Crippen molar-refractivity contribution in [2.45, 2.75) is 20.3 Å². The molecular weight excluding hydrogens is 168 g/mol. The molecule has 1 heterocycles. The largest absolute Gasteiger partial charge is 0.348 e. The first-order valence-electron chi connectivity index (χ1n) is 4.06. The van der Waals surface area contributed by atoms with Gasteiger partial charge in [0.1, 0.15) is 5.69 Å². The molecule has 0 bridgehead atoms. The standard InChI is InChI=1S/C8H12N4O/c1-3-8(13)12-11-4-7-6(2)9-5-10-7/h4-5H,3H2,1-2H3,(H,9,10)(H,12,13)/b11-4+. The van der Waals surface area contributed by atoms with Crippen molar-refractivity contribution in [2.75, 3.05) is 0 Å². The van der Waals surface area contributed by atoms with Gasteiger partial charge in [-0.2, -0.15) is 5.10 Å². The molecule has 0 aromatic carbocycles. The first-order valence-corrected chi connectivity index (χ1v) is 4.06. The molecule has 0 aliphatic heterocycles. The molecule has 0 radical (unpaired) electrons. The lowest BCUT2D eigenvalue weighted by atomic mass is 10.4. The maximum atomic E-state index is 10.8. The van der Waals surface area contributed by atoms with Crippen molar-refractivity contribution in [1.29, 1.82) is 0 Å². The van der Waals surface area contributed by atoms with Gasteiger partial charge in [0.2, 0.25) is 5.91 Å². The molecule has 0 aliphatic carbocycles. The Labute approximate surface area is 76.3 Å². The molecule has 1 rings (SSSR count). The van der Waals surface area contributed by atoms with Crippen LogP contribution in [0.4, 0.5) is 0 Å². The van der Waals surface area contributed by atoms with Crippen LogP contribution in [0.2, 0.25) is 0 Å². The Morgan fingerprint density at radius 1 is 1.85 bits per heavy atom. The fraction of sp³-hybridized carbons (Fsp3) is 0.375. The second-order valence-electron chi connectivity index (χ2n) is 2.56. The summed E-state index contributed by atoms with van der Waals surface area (Å²) in [6.07, 6.45) is 3.52. The number of aryl methyl sites for hydroxylation is 1. The van der Waals surface area contributed by atoms with Gasteiger partial charge in [-0.3, -0.25) is 4.79 Å². The van der Waals surface area contributed by atoms with E-state index >= 15 is 0 Å². The SMILES string of the molecule is CCC(=O)N/N=C/c1nc[nH]c1C. The topological polar surface area (TPSA) is 70.1 Å². The maximum absolute atomic E-state index is 10.8. The first kappa shape index (κ1) is 9.44. The number of hydrazone groups is 1. The molecule has 5 heteroatoms. The maximum Gasteiger partial charge on any atom is 0.239 e. The van der Waals surface area contributed by atoms with E-state index in [2.05, 4.69) is 20.5 Å². The Balaban J connectivity index is 2.50. The molecule has 0 saturated carbocycles. The predicted octanol–water partition coefficient (Wildman–Crippen LogP) is 0.578. The Kier molecular flexibility index (Phi) is 3.19. The summed E-state index contributed by atoms with van der Waals surface area (Å²) < 4.78 is 0. The van der Waals surface area contributed by atoms with Crippen molar-refractivity contribution in [3.63, 3.8) is 0 Å². The van der Waals surface area contributed by atoms with Gasteiger partial charge >= 0.3 is 0 Å². The van der Waals surface area contributed by atoms with Crippen LogP contribution in [0.15, 0.2) is 11.4 Å². The quantitative estimate of drug-likeness (QED) is 0.527. The van der Waals surface area contributed by atoms with E-state index in [4.69, 9.17) is 0 Å². The number of aromatic nitrogens is 2. The highest BCUT2D eigenvalue weighted by molar-refractivity contribution is 5.81. The van der Waals surface area contributed by atoms with Crippen molar-refractivity contribution in [1.82, 2.24) is 15.4 Å². The Morgan fingerprint density at radius 3 is 3.15 bits per heavy atom. The van der Waals surface area contributed by atoms with Crippen molar-refractivity contribution in [2.24, 2.45) is 5.10 Å². The number of hydrogen-bond donors (Lipinski definition) is 2. The number of amides is 1. The second-order valence-corrected chi connectivity index (χ2v) is 2.56. The number of nitrogens with one attached hydrogen (secondary N) is 2. The van der Waals surface area contributed by atoms with Crippen LogP contribution in [0.3, 0.4) is 0 Å². The third-order valence-electron chi connectivity index (χ3n) is 1.57. The Morgan fingerprint density at radius 2 is 2.62 bits per heavy atom. The van der Waals surface area contributed by atoms with Crippen molar-refractivity contribution in [3.05, 3.63) is 17.7 Å². The summed E-state index contributed by atoms with van der Waals surface area (Å²) in [5, 5.41) is 3.74. The van der Waals surface area contributed by atoms with Gasteiger partial charge in [0, 0.05) is 12.1 Å². The van der Waals surface area contributed by atoms with Gasteiger partial charge in [0.05, 0.1) is 12.5 Å². The van der Waals surface area contributed by atoms with Gasteiger partial charge in [-0.15, -0.1) is 0 Å². The number of hydrogen-bond acceptors (Lipinski definition) is 3. The number of imidazole rings is 1. The van der Waals surface area contributed by atoms with E-state index in [-0.39, 0.29) is 5.91 Å². The van der Waals surface area contributed by atoms with Crippen LogP contribution in [0.5, 0.6) is 0 Å². The summed E-state index contributed by atoms with van der Waals surface area (Å²) in [5.41, 5.74) is 4.03. The molecule has 2 N–H and O–H groups in total. The molecule has 0 unspecified atom stereocenters. The van der Waals surface area contributed by atoms with Gasteiger partial charge in [-0.05, 0) is 6.92 Å². The second kappa shape index (κ2) is 4.39. The molecule has 0 atom stereocenters. The van der Waals surface area contributed by atoms with Crippen molar-refractivity contribution >= 4 is 12.1 Å². The van der Waals surface area contributed by atoms with Gasteiger partial charge < -0.3 is 4.98 Å². The number of nitrogens with zero attached hydrogens (tertiary/aromatic N) is 2. The zero-order valence-corrected chi connectivity index (χ0v) is 7.66. The molecule has 0 aliphatic rings. The molecule has 1 aromatic heterocycles. The Bertz CT molecular complexity index is 316. The van der Waals surface area contributed by atoms with Crippen LogP contribution in [0.25, 0.3) is 0 Å². The molecule has 70 valence electrons. The van der Waals surface area contributed by atoms with E-state index in [1.165, 1.54) is 6.21 Å². The van der Waals surface area contributed by atoms with E-state index in [1.807, 2.05) is 6.92 Å². The van der Waals surface area contributed by atoms with E-state index in [0.29, 0.717) is 6.42 Å². The normalized spacial score (nSPS) is 10.6. The van der Waals surface area contributed by atoms with Gasteiger partial charge in [0.15, 0.2) is 0 Å². The molecule has 0 saturated heterocycles. The molecule has 5 nitrogen and oxygen atoms in total. The summed E-state index contributed by atoms with van der Waals surface area (Å²) in [4.78, 5) is 17.7. The third kappa shape index (κ3) is 2.70. The van der Waals surface area contributed by atoms with Gasteiger partial charge in [-0.1, -0.05) is 6.92 Å². The molecule has 0 fully saturated rings. The first-order chi connectivity index (χ1) is 6.24. The summed E-state index contributed by atoms with van der Waals surface area (Å²) in [5.74, 6) is -0.107. The van der Waals surface area contributed by atoms with Crippen LogP contribution in [0, 0.1) is 6.92 Å². The summed E-state index contributed by atoms with van der Waals surface area (Å²) in [7, 11) is 0. The highest BCUT2D eigenvalue weighted by Crippen LogP contribution is 1.95. The van der Waals surface area contributed by atoms with E-state index in [0.717, 1.165) is 11.4 Å². The molecule has 13 heavy (non-hydrogen) atoms. The Hall–Kier alpha value is -1.65. The highest BCUT2D eigenvalue weighted by Gasteiger charge is 1.96. The minimum atomic E-state index is -0.107. The number of carbonyl (C=O) groups excluding carboxylic acids is 1. The predicted molar refractivity (Wildman–Crippen MR) is 49.4 cm³/mol. The van der Waals surface area contributed by atoms with Crippen LogP contribution in [-0.2, 0) is 4.79 Å². The molecule has 0 spiro atoms. The summed E-state index contributed by atoms with van der Waals surface area (Å²) >= 11 is 0. The smallest absolute Gasteiger partial charge is 0.239 e. The van der Waals surface area contributed by atoms with Gasteiger partial charge in [-0.25, -0.2) is 10.4 Å². The number of carbonyl (C=O) groups is 1. The lowest BCUT2D eigenvalue weighted by molar-refractivity contribution is -0.120. The van der Waals surface area contributed by atoms with E-state index < -0.39 is 0 Å². The third-order valence-corrected chi connectivity index (χ3v) is 1.57. The lowest BCUT2D eigenvalue weighted by Crippen LogP contribution is -2.15. The van der Waals surface area contributed by atoms with E-state index in [9.17, 15) is 4.79 Å². The van der Waals surface area contributed by atoms with Crippen LogP contribution in [-0.4, -0.2) is 22.1 Å². The number of H-pyrrole nitrogens is 1. The van der Waals surface area contributed by atoms with Crippen LogP contribution >= 0.6 is 0 Å². The average Bonchev–Trinajstić information content (AvgIpc) is 2.52. The average molecular weight is 180 g/mol.